The van der Waals surface area contributed by atoms with E-state index in [0.717, 1.165) is 29.8 Å². The molecule has 1 rings (SSSR count). The van der Waals surface area contributed by atoms with Crippen LogP contribution in [0.5, 0.6) is 5.75 Å². The molecule has 2 nitrogen and oxygen atoms in total. The first kappa shape index (κ1) is 15.0. The van der Waals surface area contributed by atoms with Gasteiger partial charge in [0.05, 0.1) is 21.1 Å². The van der Waals surface area contributed by atoms with Crippen LogP contribution in [0.4, 0.5) is 0 Å². The molecular formula is C16H28NO+. The third kappa shape index (κ3) is 6.65. The van der Waals surface area contributed by atoms with Crippen molar-refractivity contribution >= 4 is 0 Å². The van der Waals surface area contributed by atoms with Crippen molar-refractivity contribution < 1.29 is 9.22 Å². The van der Waals surface area contributed by atoms with Crippen LogP contribution < -0.4 is 4.74 Å². The number of quaternary nitrogens is 1. The maximum atomic E-state index is 5.75. The second-order valence-electron chi connectivity index (χ2n) is 7.24. The molecule has 0 aliphatic carbocycles. The molecule has 102 valence electrons. The summed E-state index contributed by atoms with van der Waals surface area (Å²) < 4.78 is 6.68. The highest BCUT2D eigenvalue weighted by Gasteiger charge is 2.11. The van der Waals surface area contributed by atoms with Gasteiger partial charge in [-0.25, -0.2) is 0 Å². The molecule has 0 spiro atoms. The van der Waals surface area contributed by atoms with Gasteiger partial charge in [0.25, 0.3) is 0 Å². The molecule has 0 N–H and O–H groups in total. The number of hydrogen-bond acceptors (Lipinski definition) is 1. The van der Waals surface area contributed by atoms with Crippen molar-refractivity contribution in [1.82, 2.24) is 0 Å². The molecule has 0 heterocycles. The molecule has 0 amide bonds. The molecule has 18 heavy (non-hydrogen) atoms. The summed E-state index contributed by atoms with van der Waals surface area (Å²) >= 11 is 0. The van der Waals surface area contributed by atoms with Gasteiger partial charge in [0.15, 0.2) is 0 Å². The molecule has 0 saturated heterocycles. The number of hydrogen-bond donors (Lipinski definition) is 0. The van der Waals surface area contributed by atoms with E-state index in [4.69, 9.17) is 4.74 Å². The van der Waals surface area contributed by atoms with Crippen molar-refractivity contribution in [3.63, 3.8) is 0 Å². The minimum atomic E-state index is 0.339. The van der Waals surface area contributed by atoms with Crippen molar-refractivity contribution in [1.29, 1.82) is 0 Å². The molecule has 0 aliphatic rings. The molecule has 1 aromatic rings. The molecule has 0 bridgehead atoms. The molecule has 0 aliphatic heterocycles. The third-order valence-corrected chi connectivity index (χ3v) is 2.69. The van der Waals surface area contributed by atoms with Gasteiger partial charge < -0.3 is 9.22 Å². The van der Waals surface area contributed by atoms with Crippen LogP contribution in [-0.4, -0.2) is 38.8 Å². The van der Waals surface area contributed by atoms with Gasteiger partial charge in [-0.15, -0.1) is 0 Å². The molecule has 0 atom stereocenters. The Hall–Kier alpha value is -1.02. The molecule has 1 aromatic carbocycles. The molecule has 2 heteroatoms. The summed E-state index contributed by atoms with van der Waals surface area (Å²) in [6, 6.07) is 8.51. The topological polar surface area (TPSA) is 9.23 Å². The summed E-state index contributed by atoms with van der Waals surface area (Å²) in [6.07, 6.45) is 1.10. The van der Waals surface area contributed by atoms with Gasteiger partial charge in [0, 0.05) is 0 Å². The quantitative estimate of drug-likeness (QED) is 0.728. The highest BCUT2D eigenvalue weighted by atomic mass is 16.5. The highest BCUT2D eigenvalue weighted by Crippen LogP contribution is 2.22. The van der Waals surface area contributed by atoms with Crippen LogP contribution in [0, 0.1) is 5.41 Å². The summed E-state index contributed by atoms with van der Waals surface area (Å²) in [7, 11) is 6.53. The Kier molecular flexibility index (Phi) is 4.80. The molecule has 0 unspecified atom stereocenters. The Morgan fingerprint density at radius 3 is 2.00 bits per heavy atom. The SMILES string of the molecule is CC(C)(C)Cc1ccc(OCC[N+](C)(C)C)cc1. The lowest BCUT2D eigenvalue weighted by atomic mass is 9.88. The average Bonchev–Trinajstić information content (AvgIpc) is 2.16. The second kappa shape index (κ2) is 5.75. The summed E-state index contributed by atoms with van der Waals surface area (Å²) in [5.74, 6) is 0.973. The second-order valence-corrected chi connectivity index (χ2v) is 7.24. The van der Waals surface area contributed by atoms with Crippen molar-refractivity contribution in [2.75, 3.05) is 34.3 Å². The predicted molar refractivity (Wildman–Crippen MR) is 78.0 cm³/mol. The van der Waals surface area contributed by atoms with Crippen LogP contribution in [0.25, 0.3) is 0 Å². The number of nitrogens with zero attached hydrogens (tertiary/aromatic N) is 1. The largest absolute Gasteiger partial charge is 0.488 e. The molecule has 0 radical (unpaired) electrons. The van der Waals surface area contributed by atoms with Gasteiger partial charge in [0.1, 0.15) is 18.9 Å². The van der Waals surface area contributed by atoms with Gasteiger partial charge >= 0.3 is 0 Å². The predicted octanol–water partition coefficient (Wildman–Crippen LogP) is 3.36. The Labute approximate surface area is 112 Å². The van der Waals surface area contributed by atoms with Crippen molar-refractivity contribution in [3.05, 3.63) is 29.8 Å². The van der Waals surface area contributed by atoms with E-state index in [1.165, 1.54) is 5.56 Å². The first-order valence-electron chi connectivity index (χ1n) is 6.68. The van der Waals surface area contributed by atoms with Gasteiger partial charge in [-0.2, -0.15) is 0 Å². The van der Waals surface area contributed by atoms with E-state index in [9.17, 15) is 0 Å². The van der Waals surface area contributed by atoms with E-state index >= 15 is 0 Å². The lowest BCUT2D eigenvalue weighted by Crippen LogP contribution is -2.38. The fourth-order valence-corrected chi connectivity index (χ4v) is 1.75. The van der Waals surface area contributed by atoms with Crippen LogP contribution in [0.3, 0.4) is 0 Å². The normalized spacial score (nSPS) is 12.6. The van der Waals surface area contributed by atoms with E-state index in [-0.39, 0.29) is 0 Å². The van der Waals surface area contributed by atoms with Crippen LogP contribution in [0.1, 0.15) is 26.3 Å². The highest BCUT2D eigenvalue weighted by molar-refractivity contribution is 5.27. The van der Waals surface area contributed by atoms with Gasteiger partial charge in [-0.05, 0) is 29.5 Å². The van der Waals surface area contributed by atoms with E-state index in [1.807, 2.05) is 0 Å². The monoisotopic (exact) mass is 250 g/mol. The van der Waals surface area contributed by atoms with Crippen LogP contribution >= 0.6 is 0 Å². The average molecular weight is 250 g/mol. The molecule has 0 saturated carbocycles. The fraction of sp³-hybridized carbons (Fsp3) is 0.625. The van der Waals surface area contributed by atoms with Crippen LogP contribution in [0.15, 0.2) is 24.3 Å². The fourth-order valence-electron chi connectivity index (χ4n) is 1.75. The van der Waals surface area contributed by atoms with Crippen molar-refractivity contribution in [2.24, 2.45) is 5.41 Å². The maximum Gasteiger partial charge on any atom is 0.137 e. The minimum Gasteiger partial charge on any atom is -0.488 e. The number of ether oxygens (including phenoxy) is 1. The van der Waals surface area contributed by atoms with E-state index < -0.39 is 0 Å². The third-order valence-electron chi connectivity index (χ3n) is 2.69. The van der Waals surface area contributed by atoms with Gasteiger partial charge in [-0.3, -0.25) is 0 Å². The Morgan fingerprint density at radius 2 is 1.56 bits per heavy atom. The smallest absolute Gasteiger partial charge is 0.137 e. The van der Waals surface area contributed by atoms with Gasteiger partial charge in [-0.1, -0.05) is 32.9 Å². The van der Waals surface area contributed by atoms with Crippen molar-refractivity contribution in [3.8, 4) is 5.75 Å². The Bertz CT molecular complexity index is 354. The zero-order valence-electron chi connectivity index (χ0n) is 12.8. The first-order chi connectivity index (χ1) is 8.16. The lowest BCUT2D eigenvalue weighted by molar-refractivity contribution is -0.870. The number of likely N-dealkylation sites (N-methyl/N-ethyl adjacent to an activating group) is 1. The summed E-state index contributed by atoms with van der Waals surface area (Å²) in [5.41, 5.74) is 1.72. The Morgan fingerprint density at radius 1 is 1.00 bits per heavy atom. The minimum absolute atomic E-state index is 0.339. The molecule has 0 fully saturated rings. The van der Waals surface area contributed by atoms with E-state index in [2.05, 4.69) is 66.2 Å². The van der Waals surface area contributed by atoms with E-state index in [1.54, 1.807) is 0 Å². The molecule has 0 aromatic heterocycles. The number of rotatable bonds is 5. The van der Waals surface area contributed by atoms with Gasteiger partial charge in [0.2, 0.25) is 0 Å². The molecular weight excluding hydrogens is 222 g/mol. The lowest BCUT2D eigenvalue weighted by Gasteiger charge is -2.23. The summed E-state index contributed by atoms with van der Waals surface area (Å²) in [5, 5.41) is 0. The maximum absolute atomic E-state index is 5.75. The summed E-state index contributed by atoms with van der Waals surface area (Å²) in [6.45, 7) is 8.57. The summed E-state index contributed by atoms with van der Waals surface area (Å²) in [4.78, 5) is 0. The van der Waals surface area contributed by atoms with Crippen LogP contribution in [-0.2, 0) is 6.42 Å². The Balaban J connectivity index is 2.46. The number of benzene rings is 1. The van der Waals surface area contributed by atoms with Crippen LogP contribution in [0.2, 0.25) is 0 Å². The standard InChI is InChI=1S/C16H28NO/c1-16(2,3)13-14-7-9-15(10-8-14)18-12-11-17(4,5)6/h7-10H,11-13H2,1-6H3/q+1. The zero-order chi connectivity index (χ0) is 13.8. The first-order valence-corrected chi connectivity index (χ1v) is 6.68. The van der Waals surface area contributed by atoms with Crippen molar-refractivity contribution in [2.45, 2.75) is 27.2 Å². The van der Waals surface area contributed by atoms with E-state index in [0.29, 0.717) is 5.41 Å². The zero-order valence-corrected chi connectivity index (χ0v) is 12.8.